The van der Waals surface area contributed by atoms with E-state index in [0.717, 1.165) is 22.8 Å². The van der Waals surface area contributed by atoms with Crippen molar-refractivity contribution < 1.29 is 33.2 Å². The number of carbonyl (C=O) groups excluding carboxylic acids is 5. The number of hydrogen-bond donors (Lipinski definition) is 4. The second kappa shape index (κ2) is 15.3. The van der Waals surface area contributed by atoms with Crippen LogP contribution in [0.4, 0.5) is 0 Å². The molecule has 1 aliphatic heterocycles. The summed E-state index contributed by atoms with van der Waals surface area (Å²) in [5, 5.41) is 16.7. The van der Waals surface area contributed by atoms with E-state index in [4.69, 9.17) is 9.26 Å². The number of aromatic nitrogens is 1. The quantitative estimate of drug-likeness (QED) is 0.212. The average molecular weight is 620 g/mol. The molecule has 12 nitrogen and oxygen atoms in total. The molecule has 240 valence electrons. The van der Waals surface area contributed by atoms with Crippen LogP contribution in [0.15, 0.2) is 53.1 Å². The maximum atomic E-state index is 13.9. The van der Waals surface area contributed by atoms with Crippen LogP contribution in [0.2, 0.25) is 0 Å². The number of ether oxygens (including phenoxy) is 1. The molecule has 4 rings (SSSR count). The van der Waals surface area contributed by atoms with Crippen molar-refractivity contribution in [3.05, 3.63) is 65.5 Å². The van der Waals surface area contributed by atoms with Gasteiger partial charge in [0.1, 0.15) is 23.9 Å². The molecule has 0 radical (unpaired) electrons. The molecule has 12 heteroatoms. The van der Waals surface area contributed by atoms with Crippen LogP contribution in [0.5, 0.6) is 0 Å². The summed E-state index contributed by atoms with van der Waals surface area (Å²) in [6, 6.07) is 11.7. The zero-order valence-electron chi connectivity index (χ0n) is 26.1. The van der Waals surface area contributed by atoms with E-state index in [1.165, 1.54) is 13.2 Å². The van der Waals surface area contributed by atoms with Crippen LogP contribution in [0.25, 0.3) is 10.8 Å². The van der Waals surface area contributed by atoms with Crippen molar-refractivity contribution in [1.82, 2.24) is 26.4 Å². The highest BCUT2D eigenvalue weighted by Crippen LogP contribution is 2.21. The Labute approximate surface area is 262 Å². The SMILES string of the molecule is COC(=O)[C@H](C[C@@H]1CCCNC1=O)NC(=O)[C@H](CC(C)C)NC(=O)[C@H](Cc1cccc2ccccc12)NC(=O)c1cc(C)on1. The first kappa shape index (κ1) is 33.2. The van der Waals surface area contributed by atoms with E-state index >= 15 is 0 Å². The number of esters is 1. The van der Waals surface area contributed by atoms with Crippen LogP contribution in [0.1, 0.15) is 61.3 Å². The maximum absolute atomic E-state index is 13.9. The molecule has 1 saturated heterocycles. The summed E-state index contributed by atoms with van der Waals surface area (Å²) in [7, 11) is 1.22. The lowest BCUT2D eigenvalue weighted by Crippen LogP contribution is -2.57. The van der Waals surface area contributed by atoms with Crippen molar-refractivity contribution in [3.63, 3.8) is 0 Å². The van der Waals surface area contributed by atoms with Crippen LogP contribution >= 0.6 is 0 Å². The van der Waals surface area contributed by atoms with Crippen LogP contribution in [0, 0.1) is 18.8 Å². The first-order valence-electron chi connectivity index (χ1n) is 15.2. The van der Waals surface area contributed by atoms with Gasteiger partial charge < -0.3 is 30.5 Å². The Bertz CT molecular complexity index is 1530. The van der Waals surface area contributed by atoms with Crippen molar-refractivity contribution >= 4 is 40.4 Å². The number of hydrogen-bond acceptors (Lipinski definition) is 8. The highest BCUT2D eigenvalue weighted by Gasteiger charge is 2.34. The average Bonchev–Trinajstić information content (AvgIpc) is 3.46. The number of carbonyl (C=O) groups is 5. The van der Waals surface area contributed by atoms with Gasteiger partial charge in [0, 0.05) is 24.9 Å². The third-order valence-electron chi connectivity index (χ3n) is 7.85. The molecular formula is C33H41N5O7. The van der Waals surface area contributed by atoms with E-state index in [2.05, 4.69) is 26.4 Å². The minimum Gasteiger partial charge on any atom is -0.467 e. The summed E-state index contributed by atoms with van der Waals surface area (Å²) >= 11 is 0. The second-order valence-electron chi connectivity index (χ2n) is 11.8. The van der Waals surface area contributed by atoms with E-state index in [9.17, 15) is 24.0 Å². The maximum Gasteiger partial charge on any atom is 0.328 e. The summed E-state index contributed by atoms with van der Waals surface area (Å²) in [6.07, 6.45) is 1.81. The summed E-state index contributed by atoms with van der Waals surface area (Å²) in [6.45, 7) is 6.03. The van der Waals surface area contributed by atoms with E-state index in [1.54, 1.807) is 6.92 Å². The van der Waals surface area contributed by atoms with Gasteiger partial charge in [0.05, 0.1) is 7.11 Å². The van der Waals surface area contributed by atoms with Gasteiger partial charge in [-0.1, -0.05) is 61.5 Å². The van der Waals surface area contributed by atoms with Gasteiger partial charge in [-0.2, -0.15) is 0 Å². The lowest BCUT2D eigenvalue weighted by molar-refractivity contribution is -0.146. The van der Waals surface area contributed by atoms with E-state index in [0.29, 0.717) is 18.7 Å². The first-order valence-corrected chi connectivity index (χ1v) is 15.2. The topological polar surface area (TPSA) is 169 Å². The molecule has 2 aromatic carbocycles. The van der Waals surface area contributed by atoms with Crippen molar-refractivity contribution in [2.24, 2.45) is 11.8 Å². The molecule has 1 aromatic heterocycles. The number of amides is 4. The normalized spacial score (nSPS) is 16.7. The molecule has 0 spiro atoms. The fraction of sp³-hybridized carbons (Fsp3) is 0.455. The Morgan fingerprint density at radius 2 is 1.71 bits per heavy atom. The molecule has 0 aliphatic carbocycles. The van der Waals surface area contributed by atoms with Gasteiger partial charge >= 0.3 is 5.97 Å². The molecule has 4 N–H and O–H groups in total. The zero-order chi connectivity index (χ0) is 32.5. The lowest BCUT2D eigenvalue weighted by Gasteiger charge is -2.28. The van der Waals surface area contributed by atoms with Crippen LogP contribution in [-0.2, 0) is 30.3 Å². The van der Waals surface area contributed by atoms with Gasteiger partial charge in [-0.15, -0.1) is 0 Å². The molecule has 4 atom stereocenters. The Morgan fingerprint density at radius 1 is 1.00 bits per heavy atom. The fourth-order valence-electron chi connectivity index (χ4n) is 5.55. The zero-order valence-corrected chi connectivity index (χ0v) is 26.1. The summed E-state index contributed by atoms with van der Waals surface area (Å²) < 4.78 is 9.97. The minimum atomic E-state index is -1.08. The van der Waals surface area contributed by atoms with E-state index < -0.39 is 47.7 Å². The van der Waals surface area contributed by atoms with Gasteiger partial charge in [0.15, 0.2) is 5.69 Å². The van der Waals surface area contributed by atoms with Crippen molar-refractivity contribution in [3.8, 4) is 0 Å². The van der Waals surface area contributed by atoms with Crippen LogP contribution in [-0.4, -0.2) is 66.5 Å². The Balaban J connectivity index is 1.56. The number of piperidine rings is 1. The molecule has 45 heavy (non-hydrogen) atoms. The predicted molar refractivity (Wildman–Crippen MR) is 166 cm³/mol. The molecule has 2 heterocycles. The lowest BCUT2D eigenvalue weighted by atomic mass is 9.91. The first-order chi connectivity index (χ1) is 21.5. The third kappa shape index (κ3) is 8.90. The van der Waals surface area contributed by atoms with Crippen molar-refractivity contribution in [2.45, 2.75) is 71.0 Å². The van der Waals surface area contributed by atoms with Crippen molar-refractivity contribution in [2.75, 3.05) is 13.7 Å². The third-order valence-corrected chi connectivity index (χ3v) is 7.85. The molecular weight excluding hydrogens is 578 g/mol. The molecule has 1 fully saturated rings. The Morgan fingerprint density at radius 3 is 2.40 bits per heavy atom. The fourth-order valence-corrected chi connectivity index (χ4v) is 5.55. The van der Waals surface area contributed by atoms with Crippen LogP contribution in [0.3, 0.4) is 0 Å². The Kier molecular flexibility index (Phi) is 11.3. The highest BCUT2D eigenvalue weighted by molar-refractivity contribution is 5.98. The minimum absolute atomic E-state index is 0.00837. The van der Waals surface area contributed by atoms with Gasteiger partial charge in [0.2, 0.25) is 17.7 Å². The van der Waals surface area contributed by atoms with Gasteiger partial charge in [0.25, 0.3) is 5.91 Å². The van der Waals surface area contributed by atoms with Gasteiger partial charge in [-0.05, 0) is 54.9 Å². The number of rotatable bonds is 13. The monoisotopic (exact) mass is 619 g/mol. The number of fused-ring (bicyclic) bond motifs is 1. The number of nitrogens with one attached hydrogen (secondary N) is 4. The van der Waals surface area contributed by atoms with E-state index in [1.807, 2.05) is 56.3 Å². The predicted octanol–water partition coefficient (Wildman–Crippen LogP) is 2.58. The van der Waals surface area contributed by atoms with E-state index in [-0.39, 0.29) is 36.8 Å². The number of nitrogens with zero attached hydrogens (tertiary/aromatic N) is 1. The van der Waals surface area contributed by atoms with Crippen LogP contribution < -0.4 is 21.3 Å². The summed E-state index contributed by atoms with van der Waals surface area (Å²) in [4.78, 5) is 65.7. The Hall–Kier alpha value is -4.74. The van der Waals surface area contributed by atoms with Gasteiger partial charge in [-0.3, -0.25) is 19.2 Å². The second-order valence-corrected chi connectivity index (χ2v) is 11.8. The molecule has 0 bridgehead atoms. The molecule has 3 aromatic rings. The summed E-state index contributed by atoms with van der Waals surface area (Å²) in [5.74, 6) is -2.66. The smallest absolute Gasteiger partial charge is 0.328 e. The number of methoxy groups -OCH3 is 1. The molecule has 0 unspecified atom stereocenters. The molecule has 4 amide bonds. The molecule has 0 saturated carbocycles. The summed E-state index contributed by atoms with van der Waals surface area (Å²) in [5.41, 5.74) is 0.846. The standard InChI is InChI=1S/C33H41N5O7/c1-19(2)15-25(30(40)37-28(33(43)44-4)18-23-12-8-14-34-29(23)39)35-31(41)26(36-32(42)27-16-20(3)45-38-27)17-22-11-7-10-21-9-5-6-13-24(21)22/h5-7,9-11,13,16,19,23,25-26,28H,8,12,14-15,17-18H2,1-4H3,(H,34,39)(H,35,41)(H,36,42)(H,37,40)/t23-,25-,26-,28-/m0/s1. The number of aryl methyl sites for hydroxylation is 1. The molecule has 1 aliphatic rings. The number of benzene rings is 2. The van der Waals surface area contributed by atoms with Gasteiger partial charge in [-0.25, -0.2) is 4.79 Å². The highest BCUT2D eigenvalue weighted by atomic mass is 16.5. The van der Waals surface area contributed by atoms with Crippen molar-refractivity contribution in [1.29, 1.82) is 0 Å². The largest absolute Gasteiger partial charge is 0.467 e.